The van der Waals surface area contributed by atoms with Crippen LogP contribution in [0.1, 0.15) is 12.5 Å². The van der Waals surface area contributed by atoms with E-state index in [-0.39, 0.29) is 11.2 Å². The van der Waals surface area contributed by atoms with Gasteiger partial charge in [0.1, 0.15) is 6.33 Å². The van der Waals surface area contributed by atoms with Crippen molar-refractivity contribution in [2.45, 2.75) is 24.3 Å². The average Bonchev–Trinajstić information content (AvgIpc) is 2.78. The number of hydrogen-bond acceptors (Lipinski definition) is 4. The van der Waals surface area contributed by atoms with Gasteiger partial charge in [0, 0.05) is 12.7 Å². The maximum atomic E-state index is 12.0. The van der Waals surface area contributed by atoms with Crippen molar-refractivity contribution in [3.8, 4) is 0 Å². The van der Waals surface area contributed by atoms with Gasteiger partial charge in [-0.1, -0.05) is 29.5 Å². The summed E-state index contributed by atoms with van der Waals surface area (Å²) in [4.78, 5) is 12.0. The highest BCUT2D eigenvalue weighted by atomic mass is 32.2. The lowest BCUT2D eigenvalue weighted by atomic mass is 10.2. The van der Waals surface area contributed by atoms with Crippen LogP contribution in [-0.4, -0.2) is 25.9 Å². The number of thioether (sulfide) groups is 1. The molecule has 0 radical (unpaired) electrons. The third kappa shape index (κ3) is 3.57. The monoisotopic (exact) mass is 276 g/mol. The van der Waals surface area contributed by atoms with Gasteiger partial charge in [0.2, 0.25) is 5.91 Å². The van der Waals surface area contributed by atoms with Gasteiger partial charge in [-0.05, 0) is 26.0 Å². The van der Waals surface area contributed by atoms with Gasteiger partial charge in [-0.3, -0.25) is 4.79 Å². The van der Waals surface area contributed by atoms with Gasteiger partial charge in [0.25, 0.3) is 0 Å². The predicted molar refractivity (Wildman–Crippen MR) is 76.1 cm³/mol. The van der Waals surface area contributed by atoms with Gasteiger partial charge in [0.15, 0.2) is 5.16 Å². The molecule has 0 fully saturated rings. The quantitative estimate of drug-likeness (QED) is 0.870. The lowest BCUT2D eigenvalue weighted by Gasteiger charge is -2.11. The summed E-state index contributed by atoms with van der Waals surface area (Å²) in [6.07, 6.45) is 1.62. The Kier molecular flexibility index (Phi) is 4.21. The molecule has 0 saturated carbocycles. The number of nitrogens with one attached hydrogen (secondary N) is 1. The maximum Gasteiger partial charge on any atom is 0.237 e. The molecule has 0 aliphatic rings. The average molecular weight is 276 g/mol. The van der Waals surface area contributed by atoms with E-state index in [1.807, 2.05) is 45.2 Å². The van der Waals surface area contributed by atoms with Crippen molar-refractivity contribution in [1.82, 2.24) is 14.8 Å². The minimum absolute atomic E-state index is 0.0446. The smallest absolute Gasteiger partial charge is 0.237 e. The second-order valence-electron chi connectivity index (χ2n) is 4.34. The number of carbonyl (C=O) groups is 1. The molecule has 0 bridgehead atoms. The largest absolute Gasteiger partial charge is 0.325 e. The van der Waals surface area contributed by atoms with E-state index in [1.165, 1.54) is 17.3 Å². The van der Waals surface area contributed by atoms with Crippen molar-refractivity contribution in [3.05, 3.63) is 36.2 Å². The summed E-state index contributed by atoms with van der Waals surface area (Å²) in [7, 11) is 1.85. The third-order valence-electron chi connectivity index (χ3n) is 2.64. The van der Waals surface area contributed by atoms with Crippen LogP contribution in [0.25, 0.3) is 0 Å². The van der Waals surface area contributed by atoms with Crippen LogP contribution in [0.5, 0.6) is 0 Å². The van der Waals surface area contributed by atoms with Crippen molar-refractivity contribution in [2.24, 2.45) is 7.05 Å². The second kappa shape index (κ2) is 5.88. The van der Waals surface area contributed by atoms with Gasteiger partial charge in [-0.25, -0.2) is 0 Å². The number of amides is 1. The third-order valence-corrected chi connectivity index (χ3v) is 3.79. The van der Waals surface area contributed by atoms with Crippen LogP contribution in [-0.2, 0) is 11.8 Å². The van der Waals surface area contributed by atoms with E-state index in [2.05, 4.69) is 15.5 Å². The number of aryl methyl sites for hydroxylation is 2. The van der Waals surface area contributed by atoms with Crippen molar-refractivity contribution < 1.29 is 4.79 Å². The molecular formula is C13H16N4OS. The molecule has 1 unspecified atom stereocenters. The SMILES string of the molecule is Cc1ccc(NC(=O)C(C)Sc2nncn2C)cc1. The molecule has 1 atom stereocenters. The normalized spacial score (nSPS) is 12.2. The zero-order chi connectivity index (χ0) is 13.8. The zero-order valence-corrected chi connectivity index (χ0v) is 11.9. The number of carbonyl (C=O) groups excluding carboxylic acids is 1. The predicted octanol–water partition coefficient (Wildman–Crippen LogP) is 2.24. The van der Waals surface area contributed by atoms with Crippen LogP contribution in [0.15, 0.2) is 35.7 Å². The molecule has 6 heteroatoms. The van der Waals surface area contributed by atoms with E-state index in [0.717, 1.165) is 10.8 Å². The highest BCUT2D eigenvalue weighted by Crippen LogP contribution is 2.21. The van der Waals surface area contributed by atoms with Gasteiger partial charge in [-0.15, -0.1) is 10.2 Å². The zero-order valence-electron chi connectivity index (χ0n) is 11.1. The molecule has 100 valence electrons. The molecule has 1 N–H and O–H groups in total. The van der Waals surface area contributed by atoms with Crippen molar-refractivity contribution in [1.29, 1.82) is 0 Å². The number of benzene rings is 1. The Morgan fingerprint density at radius 2 is 2.05 bits per heavy atom. The fourth-order valence-electron chi connectivity index (χ4n) is 1.47. The molecule has 19 heavy (non-hydrogen) atoms. The van der Waals surface area contributed by atoms with E-state index >= 15 is 0 Å². The molecule has 1 aromatic heterocycles. The Bertz CT molecular complexity index is 564. The van der Waals surface area contributed by atoms with E-state index in [1.54, 1.807) is 10.9 Å². The van der Waals surface area contributed by atoms with Crippen molar-refractivity contribution in [3.63, 3.8) is 0 Å². The molecule has 1 heterocycles. The van der Waals surface area contributed by atoms with Crippen LogP contribution < -0.4 is 5.32 Å². The van der Waals surface area contributed by atoms with Crippen molar-refractivity contribution >= 4 is 23.4 Å². The Morgan fingerprint density at radius 1 is 1.37 bits per heavy atom. The molecule has 1 amide bonds. The Hall–Kier alpha value is -1.82. The molecule has 0 aliphatic carbocycles. The minimum Gasteiger partial charge on any atom is -0.325 e. The Balaban J connectivity index is 1.96. The van der Waals surface area contributed by atoms with Crippen LogP contribution in [0.2, 0.25) is 0 Å². The van der Waals surface area contributed by atoms with E-state index < -0.39 is 0 Å². The Labute approximate surface area is 116 Å². The molecular weight excluding hydrogens is 260 g/mol. The minimum atomic E-state index is -0.232. The molecule has 0 spiro atoms. The van der Waals surface area contributed by atoms with Crippen LogP contribution in [0.3, 0.4) is 0 Å². The number of nitrogens with zero attached hydrogens (tertiary/aromatic N) is 3. The summed E-state index contributed by atoms with van der Waals surface area (Å²) in [5.74, 6) is -0.0446. The van der Waals surface area contributed by atoms with Crippen LogP contribution in [0, 0.1) is 6.92 Å². The second-order valence-corrected chi connectivity index (χ2v) is 5.65. The fourth-order valence-corrected chi connectivity index (χ4v) is 2.26. The molecule has 2 rings (SSSR count). The molecule has 0 saturated heterocycles. The number of anilines is 1. The molecule has 5 nitrogen and oxygen atoms in total. The molecule has 0 aliphatic heterocycles. The van der Waals surface area contributed by atoms with Gasteiger partial charge >= 0.3 is 0 Å². The first-order valence-corrected chi connectivity index (χ1v) is 6.82. The first kappa shape index (κ1) is 13.6. The van der Waals surface area contributed by atoms with E-state index in [0.29, 0.717) is 0 Å². The number of aromatic nitrogens is 3. The lowest BCUT2D eigenvalue weighted by molar-refractivity contribution is -0.115. The molecule has 1 aromatic carbocycles. The summed E-state index contributed by atoms with van der Waals surface area (Å²) in [6.45, 7) is 3.86. The van der Waals surface area contributed by atoms with Crippen LogP contribution in [0.4, 0.5) is 5.69 Å². The summed E-state index contributed by atoms with van der Waals surface area (Å²) >= 11 is 1.38. The van der Waals surface area contributed by atoms with E-state index in [4.69, 9.17) is 0 Å². The number of rotatable bonds is 4. The van der Waals surface area contributed by atoms with Gasteiger partial charge in [0.05, 0.1) is 5.25 Å². The first-order valence-electron chi connectivity index (χ1n) is 5.94. The summed E-state index contributed by atoms with van der Waals surface area (Å²) in [5, 5.41) is 11.1. The highest BCUT2D eigenvalue weighted by molar-refractivity contribution is 8.00. The topological polar surface area (TPSA) is 59.8 Å². The van der Waals surface area contributed by atoms with Crippen molar-refractivity contribution in [2.75, 3.05) is 5.32 Å². The highest BCUT2D eigenvalue weighted by Gasteiger charge is 2.17. The summed E-state index contributed by atoms with van der Waals surface area (Å²) < 4.78 is 1.79. The fraction of sp³-hybridized carbons (Fsp3) is 0.308. The first-order chi connectivity index (χ1) is 9.06. The summed E-state index contributed by atoms with van der Waals surface area (Å²) in [6, 6.07) is 7.73. The van der Waals surface area contributed by atoms with Gasteiger partial charge < -0.3 is 9.88 Å². The maximum absolute atomic E-state index is 12.0. The van der Waals surface area contributed by atoms with Crippen LogP contribution >= 0.6 is 11.8 Å². The Morgan fingerprint density at radius 3 is 2.63 bits per heavy atom. The number of hydrogen-bond donors (Lipinski definition) is 1. The lowest BCUT2D eigenvalue weighted by Crippen LogP contribution is -2.22. The molecule has 2 aromatic rings. The van der Waals surface area contributed by atoms with Gasteiger partial charge in [-0.2, -0.15) is 0 Å². The van der Waals surface area contributed by atoms with E-state index in [9.17, 15) is 4.79 Å². The summed E-state index contributed by atoms with van der Waals surface area (Å²) in [5.41, 5.74) is 1.97. The standard InChI is InChI=1S/C13H16N4OS/c1-9-4-6-11(7-5-9)15-12(18)10(2)19-13-16-14-8-17(13)3/h4-8,10H,1-3H3,(H,15,18).